The summed E-state index contributed by atoms with van der Waals surface area (Å²) in [5, 5.41) is 13.8. The smallest absolute Gasteiger partial charge is 0.327 e. The fraction of sp³-hybridized carbons (Fsp3) is 0.550. The molecule has 3 aliphatic carbocycles. The summed E-state index contributed by atoms with van der Waals surface area (Å²) in [6, 6.07) is 14.8. The Morgan fingerprint density at radius 2 is 1.66 bits per heavy atom. The molecule has 3 saturated heterocycles. The van der Waals surface area contributed by atoms with Crippen LogP contribution in [0, 0.1) is 17.3 Å². The lowest BCUT2D eigenvalue weighted by atomic mass is 9.62. The molecule has 13 nitrogen and oxygen atoms in total. The molecule has 3 amide bonds. The molecule has 3 saturated carbocycles. The maximum Gasteiger partial charge on any atom is 0.327 e. The van der Waals surface area contributed by atoms with Gasteiger partial charge < -0.3 is 34.4 Å². The first kappa shape index (κ1) is 35.9. The number of aliphatic hydroxyl groups is 1. The van der Waals surface area contributed by atoms with Gasteiger partial charge in [0.15, 0.2) is 11.8 Å². The van der Waals surface area contributed by atoms with Crippen molar-refractivity contribution in [2.24, 2.45) is 17.3 Å². The van der Waals surface area contributed by atoms with Crippen LogP contribution in [-0.4, -0.2) is 120 Å². The Balaban J connectivity index is 1.18. The van der Waals surface area contributed by atoms with Crippen LogP contribution in [0.3, 0.4) is 0 Å². The normalized spacial score (nSPS) is 30.4. The van der Waals surface area contributed by atoms with E-state index in [1.165, 1.54) is 15.9 Å². The first-order chi connectivity index (χ1) is 25.6. The molecule has 2 bridgehead atoms. The molecule has 0 spiro atoms. The molecule has 282 valence electrons. The zero-order valence-electron chi connectivity index (χ0n) is 30.4. The lowest BCUT2D eigenvalue weighted by Gasteiger charge is -2.50. The second kappa shape index (κ2) is 13.9. The van der Waals surface area contributed by atoms with Gasteiger partial charge >= 0.3 is 5.97 Å². The number of fused-ring (bicyclic) bond motifs is 4. The first-order valence-corrected chi connectivity index (χ1v) is 18.7. The lowest BCUT2D eigenvalue weighted by molar-refractivity contribution is -0.235. The van der Waals surface area contributed by atoms with Crippen molar-refractivity contribution < 1.29 is 43.3 Å². The summed E-state index contributed by atoms with van der Waals surface area (Å²) in [6.45, 7) is -0.118. The third kappa shape index (κ3) is 6.25. The van der Waals surface area contributed by atoms with E-state index < -0.39 is 65.5 Å². The minimum absolute atomic E-state index is 0.0289. The van der Waals surface area contributed by atoms with Gasteiger partial charge in [0.1, 0.15) is 35.9 Å². The van der Waals surface area contributed by atoms with E-state index >= 15 is 4.79 Å². The van der Waals surface area contributed by atoms with Crippen LogP contribution in [0.5, 0.6) is 0 Å². The highest BCUT2D eigenvalue weighted by atomic mass is 16.8. The van der Waals surface area contributed by atoms with E-state index in [2.05, 4.69) is 5.32 Å². The van der Waals surface area contributed by atoms with Crippen LogP contribution < -0.4 is 5.32 Å². The zero-order chi connectivity index (χ0) is 37.1. The molecule has 2 aromatic rings. The molecule has 6 fully saturated rings. The average molecular weight is 729 g/mol. The number of amides is 3. The summed E-state index contributed by atoms with van der Waals surface area (Å²) in [5.74, 6) is -1.95. The standard InChI is InChI=1S/C40H48N4O9/c1-42(2)31(46)18-13-25-11-7-8-12-26(25)23-44-34-37(48)50-30-22-39(34,35(53-44)33-32(30)51-40(52-33,27-14-15-27)28-16-17-28)38(49)43(3)29(36(47)41-19-20-45)21-24-9-5-4-6-10-24/h4-13,18,27-30,32-35,45H,14-17,19-23H2,1-3H3,(H,41,47)/t29-,30-,32+,33+,34+,35-,39+/m1/s1. The Kier molecular flexibility index (Phi) is 9.43. The number of carbonyl (C=O) groups is 4. The number of nitrogens with zero attached hydrogens (tertiary/aromatic N) is 3. The molecule has 3 aliphatic heterocycles. The Hall–Kier alpha value is -4.14. The van der Waals surface area contributed by atoms with Gasteiger partial charge in [0.2, 0.25) is 17.7 Å². The summed E-state index contributed by atoms with van der Waals surface area (Å²) in [5.41, 5.74) is 0.905. The second-order valence-electron chi connectivity index (χ2n) is 15.6. The minimum atomic E-state index is -1.47. The van der Waals surface area contributed by atoms with Crippen molar-refractivity contribution in [3.05, 3.63) is 77.4 Å². The summed E-state index contributed by atoms with van der Waals surface area (Å²) < 4.78 is 20.1. The molecular formula is C40H48N4O9. The Morgan fingerprint density at radius 1 is 0.981 bits per heavy atom. The van der Waals surface area contributed by atoms with Crippen LogP contribution in [0.25, 0.3) is 6.08 Å². The summed E-state index contributed by atoms with van der Waals surface area (Å²) in [6.07, 6.45) is 4.54. The van der Waals surface area contributed by atoms with E-state index in [4.69, 9.17) is 19.0 Å². The van der Waals surface area contributed by atoms with Crippen molar-refractivity contribution in [2.45, 2.75) is 87.4 Å². The quantitative estimate of drug-likeness (QED) is 0.232. The molecule has 2 aromatic carbocycles. The molecule has 7 atom stereocenters. The lowest BCUT2D eigenvalue weighted by Crippen LogP contribution is -2.70. The van der Waals surface area contributed by atoms with Crippen LogP contribution in [0.15, 0.2) is 60.7 Å². The maximum absolute atomic E-state index is 15.4. The van der Waals surface area contributed by atoms with E-state index in [1.807, 2.05) is 54.6 Å². The highest BCUT2D eigenvalue weighted by Gasteiger charge is 2.78. The van der Waals surface area contributed by atoms with E-state index in [0.717, 1.165) is 42.4 Å². The predicted molar refractivity (Wildman–Crippen MR) is 190 cm³/mol. The van der Waals surface area contributed by atoms with Crippen molar-refractivity contribution in [3.8, 4) is 0 Å². The second-order valence-corrected chi connectivity index (χ2v) is 15.6. The van der Waals surface area contributed by atoms with Gasteiger partial charge in [-0.3, -0.25) is 24.0 Å². The molecule has 6 aliphatic rings. The Morgan fingerprint density at radius 3 is 2.34 bits per heavy atom. The number of hydroxylamine groups is 2. The number of carbonyl (C=O) groups excluding carboxylic acids is 4. The average Bonchev–Trinajstić information content (AvgIpc) is 4.11. The zero-order valence-corrected chi connectivity index (χ0v) is 30.4. The van der Waals surface area contributed by atoms with E-state index in [1.54, 1.807) is 32.3 Å². The van der Waals surface area contributed by atoms with Crippen molar-refractivity contribution >= 4 is 29.8 Å². The number of benzene rings is 2. The van der Waals surface area contributed by atoms with E-state index in [-0.39, 0.29) is 50.3 Å². The Bertz CT molecular complexity index is 1770. The SMILES string of the molecule is CN(C)C(=O)C=Cc1ccccc1CN1O[C@@H]2[C@H]3OC(C4CC4)(C4CC4)O[C@H]3[C@H]3C[C@]2(C(=O)N(C)[C@H](Cc2ccccc2)C(=O)NCCO)[C@@H]1C(=O)O3. The van der Waals surface area contributed by atoms with Crippen LogP contribution in [-0.2, 0) is 51.2 Å². The van der Waals surface area contributed by atoms with E-state index in [9.17, 15) is 19.5 Å². The van der Waals surface area contributed by atoms with Gasteiger partial charge in [0, 0.05) is 58.4 Å². The number of hydrogen-bond acceptors (Lipinski definition) is 10. The third-order valence-corrected chi connectivity index (χ3v) is 11.9. The highest BCUT2D eigenvalue weighted by molar-refractivity contribution is 5.96. The van der Waals surface area contributed by atoms with Crippen LogP contribution in [0.2, 0.25) is 0 Å². The Labute approximate surface area is 309 Å². The van der Waals surface area contributed by atoms with Gasteiger partial charge in [-0.2, -0.15) is 5.06 Å². The van der Waals surface area contributed by atoms with Crippen molar-refractivity contribution in [1.82, 2.24) is 20.2 Å². The molecule has 53 heavy (non-hydrogen) atoms. The third-order valence-electron chi connectivity index (χ3n) is 11.9. The van der Waals surface area contributed by atoms with Gasteiger partial charge in [-0.05, 0) is 48.4 Å². The first-order valence-electron chi connectivity index (χ1n) is 18.7. The van der Waals surface area contributed by atoms with Gasteiger partial charge in [-0.15, -0.1) is 0 Å². The number of aliphatic hydroxyl groups excluding tert-OH is 1. The molecule has 8 rings (SSSR count). The highest BCUT2D eigenvalue weighted by Crippen LogP contribution is 2.64. The molecule has 13 heteroatoms. The van der Waals surface area contributed by atoms with Gasteiger partial charge in [0.25, 0.3) is 0 Å². The van der Waals surface area contributed by atoms with Crippen LogP contribution in [0.1, 0.15) is 48.8 Å². The number of nitrogens with one attached hydrogen (secondary N) is 1. The van der Waals surface area contributed by atoms with Crippen LogP contribution >= 0.6 is 0 Å². The topological polar surface area (TPSA) is 147 Å². The number of ether oxygens (including phenoxy) is 3. The number of esters is 1. The van der Waals surface area contributed by atoms with Gasteiger partial charge in [-0.25, -0.2) is 0 Å². The predicted octanol–water partition coefficient (Wildman–Crippen LogP) is 2.07. The van der Waals surface area contributed by atoms with Crippen molar-refractivity contribution in [1.29, 1.82) is 0 Å². The molecule has 0 radical (unpaired) electrons. The fourth-order valence-electron chi connectivity index (χ4n) is 8.97. The van der Waals surface area contributed by atoms with Gasteiger partial charge in [0.05, 0.1) is 13.2 Å². The molecular weight excluding hydrogens is 680 g/mol. The summed E-state index contributed by atoms with van der Waals surface area (Å²) in [7, 11) is 4.95. The van der Waals surface area contributed by atoms with E-state index in [0.29, 0.717) is 0 Å². The number of hydrogen-bond donors (Lipinski definition) is 2. The monoisotopic (exact) mass is 728 g/mol. The summed E-state index contributed by atoms with van der Waals surface area (Å²) >= 11 is 0. The van der Waals surface area contributed by atoms with Crippen molar-refractivity contribution in [3.63, 3.8) is 0 Å². The molecule has 0 aromatic heterocycles. The molecule has 0 unspecified atom stereocenters. The van der Waals surface area contributed by atoms with Crippen LogP contribution in [0.4, 0.5) is 0 Å². The number of likely N-dealkylation sites (N-methyl/N-ethyl adjacent to an activating group) is 2. The number of rotatable bonds is 13. The fourth-order valence-corrected chi connectivity index (χ4v) is 8.97. The minimum Gasteiger partial charge on any atom is -0.458 e. The summed E-state index contributed by atoms with van der Waals surface area (Å²) in [4.78, 5) is 65.8. The largest absolute Gasteiger partial charge is 0.458 e. The molecule has 2 N–H and O–H groups in total. The van der Waals surface area contributed by atoms with Crippen molar-refractivity contribution in [2.75, 3.05) is 34.3 Å². The molecule has 3 heterocycles. The maximum atomic E-state index is 15.4. The van der Waals surface area contributed by atoms with Gasteiger partial charge in [-0.1, -0.05) is 54.6 Å².